The van der Waals surface area contributed by atoms with Crippen molar-refractivity contribution in [2.24, 2.45) is 0 Å². The van der Waals surface area contributed by atoms with Crippen LogP contribution in [0.25, 0.3) is 70.9 Å². The third kappa shape index (κ3) is 6.20. The van der Waals surface area contributed by atoms with Crippen molar-refractivity contribution in [2.45, 2.75) is 12.5 Å². The van der Waals surface area contributed by atoms with Crippen LogP contribution >= 0.6 is 0 Å². The van der Waals surface area contributed by atoms with Crippen molar-refractivity contribution in [3.63, 3.8) is 0 Å². The number of aromatic nitrogens is 1. The third-order valence-electron chi connectivity index (χ3n) is 12.8. The maximum atomic E-state index is 2.49. The first kappa shape index (κ1) is 36.7. The number of rotatable bonds is 8. The van der Waals surface area contributed by atoms with Gasteiger partial charge in [0.25, 0.3) is 0 Å². The molecule has 0 saturated carbocycles. The number of hydrogen-bond acceptors (Lipinski definition) is 2. The number of allylic oxidation sites excluding steroid dienone is 2. The summed E-state index contributed by atoms with van der Waals surface area (Å²) in [6.07, 6.45) is 9.85. The molecule has 1 aliphatic carbocycles. The summed E-state index contributed by atoms with van der Waals surface area (Å²) in [5.41, 5.74) is 11.7. The first-order valence-corrected chi connectivity index (χ1v) is 21.9. The molecule has 11 aromatic rings. The summed E-state index contributed by atoms with van der Waals surface area (Å²) in [7, 11) is 0. The van der Waals surface area contributed by atoms with Gasteiger partial charge in [0.1, 0.15) is 0 Å². The average Bonchev–Trinajstić information content (AvgIpc) is 3.71. The van der Waals surface area contributed by atoms with Gasteiger partial charge in [-0.3, -0.25) is 0 Å². The van der Waals surface area contributed by atoms with E-state index in [2.05, 4.69) is 257 Å². The molecule has 63 heavy (non-hydrogen) atoms. The molecule has 1 aliphatic rings. The van der Waals surface area contributed by atoms with E-state index >= 15 is 0 Å². The molecule has 3 nitrogen and oxygen atoms in total. The minimum absolute atomic E-state index is 0.247. The third-order valence-corrected chi connectivity index (χ3v) is 12.8. The minimum Gasteiger partial charge on any atom is -0.334 e. The van der Waals surface area contributed by atoms with Crippen LogP contribution in [-0.2, 0) is 0 Å². The second-order valence-corrected chi connectivity index (χ2v) is 16.4. The van der Waals surface area contributed by atoms with Crippen molar-refractivity contribution in [2.75, 3.05) is 9.80 Å². The van der Waals surface area contributed by atoms with Crippen LogP contribution in [0.1, 0.15) is 6.42 Å². The average molecular weight is 806 g/mol. The fourth-order valence-electron chi connectivity index (χ4n) is 10.1. The van der Waals surface area contributed by atoms with Crippen LogP contribution in [0, 0.1) is 0 Å². The minimum atomic E-state index is 0.247. The van der Waals surface area contributed by atoms with E-state index in [-0.39, 0.29) is 6.04 Å². The van der Waals surface area contributed by atoms with Crippen LogP contribution < -0.4 is 9.80 Å². The number of anilines is 5. The van der Waals surface area contributed by atoms with Gasteiger partial charge in [0.05, 0.1) is 17.1 Å². The Balaban J connectivity index is 1.05. The van der Waals surface area contributed by atoms with Crippen molar-refractivity contribution in [3.05, 3.63) is 243 Å². The molecule has 0 N–H and O–H groups in total. The standard InChI is InChI=1S/C60H43N3/c1-5-19-43(20-6-1)61(44-21-7-2-8-22-44)47-35-33-42(34-36-47)55-41-56-51-28-14-16-30-53(51)60-59(58(56)52-29-15-13-27-50(52)55)54-31-17-18-32-57(54)63(60)49-39-37-48(38-40-49)62(45-23-9-3-10-24-45)46-25-11-4-12-26-46/h1-21,23-41,44H,22H2. The van der Waals surface area contributed by atoms with Crippen LogP contribution in [-0.4, -0.2) is 10.6 Å². The second-order valence-electron chi connectivity index (χ2n) is 16.4. The van der Waals surface area contributed by atoms with Gasteiger partial charge in [-0.2, -0.15) is 0 Å². The summed E-state index contributed by atoms with van der Waals surface area (Å²) in [5.74, 6) is 0. The van der Waals surface area contributed by atoms with E-state index in [0.29, 0.717) is 0 Å². The SMILES string of the molecule is C1=CCC(N(c2ccccc2)c2ccc(-c3cc4c5ccccc5c5c(c6ccccc6n5-c5ccc(N(c6ccccc6)c6ccccc6)cc5)c4c4ccccc34)cc2)C=C1. The van der Waals surface area contributed by atoms with Gasteiger partial charge in [-0.1, -0.05) is 158 Å². The van der Waals surface area contributed by atoms with Crippen LogP contribution in [0.15, 0.2) is 243 Å². The lowest BCUT2D eigenvalue weighted by Gasteiger charge is -2.32. The van der Waals surface area contributed by atoms with Crippen molar-refractivity contribution in [1.82, 2.24) is 4.57 Å². The Morgan fingerprint density at radius 2 is 0.921 bits per heavy atom. The first-order chi connectivity index (χ1) is 31.3. The van der Waals surface area contributed by atoms with Crippen LogP contribution in [0.5, 0.6) is 0 Å². The first-order valence-electron chi connectivity index (χ1n) is 21.9. The predicted octanol–water partition coefficient (Wildman–Crippen LogP) is 16.4. The maximum Gasteiger partial charge on any atom is 0.0626 e. The van der Waals surface area contributed by atoms with E-state index in [1.54, 1.807) is 0 Å². The predicted molar refractivity (Wildman–Crippen MR) is 269 cm³/mol. The molecular weight excluding hydrogens is 763 g/mol. The Morgan fingerprint density at radius 1 is 0.397 bits per heavy atom. The van der Waals surface area contributed by atoms with E-state index in [1.807, 2.05) is 0 Å². The molecular formula is C60H43N3. The zero-order valence-corrected chi connectivity index (χ0v) is 34.7. The molecule has 1 heterocycles. The molecule has 1 atom stereocenters. The molecule has 10 aromatic carbocycles. The van der Waals surface area contributed by atoms with Gasteiger partial charge in [0.2, 0.25) is 0 Å². The lowest BCUT2D eigenvalue weighted by molar-refractivity contribution is 0.785. The molecule has 0 bridgehead atoms. The van der Waals surface area contributed by atoms with Gasteiger partial charge in [0.15, 0.2) is 0 Å². The summed E-state index contributed by atoms with van der Waals surface area (Å²) in [6.45, 7) is 0. The van der Waals surface area contributed by atoms with Gasteiger partial charge < -0.3 is 14.4 Å². The van der Waals surface area contributed by atoms with Crippen LogP contribution in [0.4, 0.5) is 28.4 Å². The Hall–Kier alpha value is -8.14. The topological polar surface area (TPSA) is 11.4 Å². The van der Waals surface area contributed by atoms with Crippen molar-refractivity contribution >= 4 is 82.6 Å². The maximum absolute atomic E-state index is 2.49. The summed E-state index contributed by atoms with van der Waals surface area (Å²) < 4.78 is 2.49. The van der Waals surface area contributed by atoms with Gasteiger partial charge in [-0.05, 0) is 124 Å². The highest BCUT2D eigenvalue weighted by atomic mass is 15.2. The number of benzene rings is 10. The van der Waals surface area contributed by atoms with E-state index in [1.165, 1.54) is 76.6 Å². The molecule has 0 amide bonds. The molecule has 3 heteroatoms. The smallest absolute Gasteiger partial charge is 0.0626 e. The summed E-state index contributed by atoms with van der Waals surface area (Å²) in [4.78, 5) is 4.78. The van der Waals surface area contributed by atoms with Gasteiger partial charge in [-0.15, -0.1) is 0 Å². The Bertz CT molecular complexity index is 3470. The molecule has 0 aliphatic heterocycles. The summed E-state index contributed by atoms with van der Waals surface area (Å²) in [5, 5.41) is 10.1. The van der Waals surface area contributed by atoms with E-state index in [4.69, 9.17) is 0 Å². The molecule has 1 unspecified atom stereocenters. The van der Waals surface area contributed by atoms with E-state index < -0.39 is 0 Å². The fourth-order valence-corrected chi connectivity index (χ4v) is 10.1. The highest BCUT2D eigenvalue weighted by Gasteiger charge is 2.23. The highest BCUT2D eigenvalue weighted by molar-refractivity contribution is 6.38. The summed E-state index contributed by atoms with van der Waals surface area (Å²) in [6, 6.07) is 79.9. The fraction of sp³-hybridized carbons (Fsp3) is 0.0333. The van der Waals surface area contributed by atoms with Crippen LogP contribution in [0.3, 0.4) is 0 Å². The van der Waals surface area contributed by atoms with Crippen molar-refractivity contribution in [1.29, 1.82) is 0 Å². The molecule has 0 spiro atoms. The Labute approximate surface area is 367 Å². The summed E-state index contributed by atoms with van der Waals surface area (Å²) >= 11 is 0. The highest BCUT2D eigenvalue weighted by Crippen LogP contribution is 2.47. The van der Waals surface area contributed by atoms with Gasteiger partial charge in [0, 0.05) is 55.7 Å². The normalized spacial score (nSPS) is 13.7. The quantitative estimate of drug-likeness (QED) is 0.142. The molecule has 298 valence electrons. The molecule has 0 radical (unpaired) electrons. The molecule has 1 aromatic heterocycles. The van der Waals surface area contributed by atoms with E-state index in [0.717, 1.165) is 29.2 Å². The molecule has 0 fully saturated rings. The van der Waals surface area contributed by atoms with E-state index in [9.17, 15) is 0 Å². The van der Waals surface area contributed by atoms with Crippen molar-refractivity contribution < 1.29 is 0 Å². The number of fused-ring (bicyclic) bond motifs is 10. The Morgan fingerprint density at radius 3 is 1.57 bits per heavy atom. The monoisotopic (exact) mass is 805 g/mol. The van der Waals surface area contributed by atoms with Crippen molar-refractivity contribution in [3.8, 4) is 16.8 Å². The zero-order valence-electron chi connectivity index (χ0n) is 34.7. The van der Waals surface area contributed by atoms with Gasteiger partial charge in [-0.25, -0.2) is 0 Å². The second kappa shape index (κ2) is 15.4. The number of hydrogen-bond donors (Lipinski definition) is 0. The number of nitrogens with zero attached hydrogens (tertiary/aromatic N) is 3. The lowest BCUT2D eigenvalue weighted by Crippen LogP contribution is -2.29. The molecule has 12 rings (SSSR count). The largest absolute Gasteiger partial charge is 0.334 e. The van der Waals surface area contributed by atoms with Crippen LogP contribution in [0.2, 0.25) is 0 Å². The van der Waals surface area contributed by atoms with Gasteiger partial charge >= 0.3 is 0 Å². The lowest BCUT2D eigenvalue weighted by atomic mass is 9.88. The zero-order chi connectivity index (χ0) is 41.7. The molecule has 0 saturated heterocycles. The Kier molecular flexibility index (Phi) is 8.97. The number of para-hydroxylation sites is 4.